The van der Waals surface area contributed by atoms with Crippen molar-refractivity contribution in [2.75, 3.05) is 26.4 Å². The van der Waals surface area contributed by atoms with Crippen molar-refractivity contribution in [1.82, 2.24) is 15.5 Å². The number of benzene rings is 1. The largest absolute Gasteiger partial charge is 0.522 e. The highest BCUT2D eigenvalue weighted by Crippen LogP contribution is 2.28. The highest BCUT2D eigenvalue weighted by molar-refractivity contribution is 5.77. The molecule has 0 aliphatic carbocycles. The van der Waals surface area contributed by atoms with Crippen LogP contribution in [0.4, 0.5) is 13.2 Å². The third-order valence-electron chi connectivity index (χ3n) is 4.30. The van der Waals surface area contributed by atoms with Crippen molar-refractivity contribution >= 4 is 5.91 Å². The number of aromatic nitrogens is 2. The number of rotatable bonds is 9. The molecule has 1 amide bonds. The first kappa shape index (κ1) is 22.8. The Kier molecular flexibility index (Phi) is 7.69. The van der Waals surface area contributed by atoms with Crippen LogP contribution in [0.2, 0.25) is 0 Å². The lowest BCUT2D eigenvalue weighted by Crippen LogP contribution is -2.43. The van der Waals surface area contributed by atoms with Crippen LogP contribution in [0.5, 0.6) is 11.8 Å². The number of alkyl halides is 3. The lowest BCUT2D eigenvalue weighted by Gasteiger charge is -2.27. The van der Waals surface area contributed by atoms with Crippen LogP contribution in [-0.2, 0) is 14.3 Å². The molecule has 9 nitrogen and oxygen atoms in total. The molecule has 0 bridgehead atoms. The van der Waals surface area contributed by atoms with Gasteiger partial charge in [-0.05, 0) is 31.9 Å². The summed E-state index contributed by atoms with van der Waals surface area (Å²) in [6.07, 6.45) is -4.37. The van der Waals surface area contributed by atoms with E-state index in [1.54, 1.807) is 12.1 Å². The first-order chi connectivity index (χ1) is 14.8. The van der Waals surface area contributed by atoms with Gasteiger partial charge in [0, 0.05) is 0 Å². The quantitative estimate of drug-likeness (QED) is 0.588. The van der Waals surface area contributed by atoms with Crippen LogP contribution in [0.15, 0.2) is 28.7 Å². The smallest absolute Gasteiger partial charge is 0.484 e. The Morgan fingerprint density at radius 3 is 2.61 bits per heavy atom. The first-order valence-electron chi connectivity index (χ1n) is 9.56. The average Bonchev–Trinajstić information content (AvgIpc) is 3.20. The van der Waals surface area contributed by atoms with E-state index in [1.165, 1.54) is 0 Å². The van der Waals surface area contributed by atoms with Gasteiger partial charge in [0.15, 0.2) is 6.61 Å². The van der Waals surface area contributed by atoms with Crippen molar-refractivity contribution < 1.29 is 41.3 Å². The molecule has 1 aliphatic heterocycles. The Morgan fingerprint density at radius 2 is 1.94 bits per heavy atom. The molecular formula is C19H22F3N3O6. The number of hydrogen-bond donors (Lipinski definition) is 1. The fraction of sp³-hybridized carbons (Fsp3) is 0.526. The molecule has 1 aromatic heterocycles. The normalized spacial score (nSPS) is 19.1. The summed E-state index contributed by atoms with van der Waals surface area (Å²) in [5.41, 5.74) is 1.10. The zero-order chi connectivity index (χ0) is 22.3. The van der Waals surface area contributed by atoms with Gasteiger partial charge in [0.1, 0.15) is 18.5 Å². The fourth-order valence-corrected chi connectivity index (χ4v) is 2.81. The summed E-state index contributed by atoms with van der Waals surface area (Å²) in [6, 6.07) is 7.19. The highest BCUT2D eigenvalue weighted by Gasteiger charge is 2.30. The van der Waals surface area contributed by atoms with Crippen molar-refractivity contribution in [3.63, 3.8) is 0 Å². The van der Waals surface area contributed by atoms with Crippen LogP contribution >= 0.6 is 0 Å². The van der Waals surface area contributed by atoms with Crippen molar-refractivity contribution in [2.24, 2.45) is 0 Å². The first-order valence-corrected chi connectivity index (χ1v) is 9.56. The number of carbonyl (C=O) groups is 1. The molecule has 170 valence electrons. The third-order valence-corrected chi connectivity index (χ3v) is 4.30. The second-order valence-corrected chi connectivity index (χ2v) is 6.81. The van der Waals surface area contributed by atoms with Crippen LogP contribution < -0.4 is 14.8 Å². The number of carbonyl (C=O) groups excluding carboxylic acids is 1. The Hall–Kier alpha value is -2.86. The van der Waals surface area contributed by atoms with E-state index >= 15 is 0 Å². The van der Waals surface area contributed by atoms with Crippen molar-refractivity contribution in [3.05, 3.63) is 35.7 Å². The Morgan fingerprint density at radius 1 is 1.16 bits per heavy atom. The van der Waals surface area contributed by atoms with E-state index in [4.69, 9.17) is 18.6 Å². The standard InChI is InChI=1S/C19H22F3N3O6/c1-12-2-5-14(6-3-12)28-11-16(26)23-13-4-7-15(29-10-13)17-24-25-18(31-17)27-8-9-30-19(20,21)22/h2-3,5-6,13,15H,4,7-11H2,1H3,(H,23,26)/t13-,15+/m0/s1. The molecule has 2 aromatic rings. The van der Waals surface area contributed by atoms with E-state index in [2.05, 4.69) is 20.3 Å². The molecule has 2 atom stereocenters. The summed E-state index contributed by atoms with van der Waals surface area (Å²) < 4.78 is 60.5. The lowest BCUT2D eigenvalue weighted by atomic mass is 10.1. The molecule has 1 N–H and O–H groups in total. The molecule has 31 heavy (non-hydrogen) atoms. The van der Waals surface area contributed by atoms with Gasteiger partial charge in [0.05, 0.1) is 19.3 Å². The van der Waals surface area contributed by atoms with Crippen molar-refractivity contribution in [2.45, 2.75) is 38.3 Å². The predicted molar refractivity (Wildman–Crippen MR) is 98.3 cm³/mol. The monoisotopic (exact) mass is 445 g/mol. The number of nitrogens with zero attached hydrogens (tertiary/aromatic N) is 2. The second-order valence-electron chi connectivity index (χ2n) is 6.81. The van der Waals surface area contributed by atoms with E-state index in [0.29, 0.717) is 18.6 Å². The molecule has 1 aromatic carbocycles. The van der Waals surface area contributed by atoms with Gasteiger partial charge < -0.3 is 23.9 Å². The van der Waals surface area contributed by atoms with E-state index in [9.17, 15) is 18.0 Å². The fourth-order valence-electron chi connectivity index (χ4n) is 2.81. The molecule has 1 saturated heterocycles. The molecule has 2 heterocycles. The summed E-state index contributed by atoms with van der Waals surface area (Å²) in [6.45, 7) is 0.995. The number of hydrogen-bond acceptors (Lipinski definition) is 8. The van der Waals surface area contributed by atoms with Gasteiger partial charge in [-0.15, -0.1) is 18.3 Å². The minimum atomic E-state index is -4.72. The molecule has 0 saturated carbocycles. The van der Waals surface area contributed by atoms with Crippen LogP contribution in [0.3, 0.4) is 0 Å². The minimum absolute atomic E-state index is 0.106. The van der Waals surface area contributed by atoms with Gasteiger partial charge in [-0.3, -0.25) is 9.53 Å². The Bertz CT molecular complexity index is 835. The molecule has 12 heteroatoms. The third kappa shape index (κ3) is 7.72. The number of amides is 1. The van der Waals surface area contributed by atoms with Gasteiger partial charge in [-0.1, -0.05) is 22.8 Å². The average molecular weight is 445 g/mol. The molecule has 1 aliphatic rings. The molecule has 0 unspecified atom stereocenters. The molecule has 0 radical (unpaired) electrons. The molecule has 3 rings (SSSR count). The van der Waals surface area contributed by atoms with Crippen molar-refractivity contribution in [3.8, 4) is 11.8 Å². The summed E-state index contributed by atoms with van der Waals surface area (Å²) in [7, 11) is 0. The molecular weight excluding hydrogens is 423 g/mol. The summed E-state index contributed by atoms with van der Waals surface area (Å²) in [5, 5.41) is 10.2. The Balaban J connectivity index is 1.35. The van der Waals surface area contributed by atoms with Gasteiger partial charge in [-0.25, -0.2) is 0 Å². The highest BCUT2D eigenvalue weighted by atomic mass is 19.4. The topological polar surface area (TPSA) is 105 Å². The summed E-state index contributed by atoms with van der Waals surface area (Å²) in [5.74, 6) is 0.501. The van der Waals surface area contributed by atoms with Crippen LogP contribution in [-0.4, -0.2) is 54.9 Å². The van der Waals surface area contributed by atoms with Crippen molar-refractivity contribution in [1.29, 1.82) is 0 Å². The lowest BCUT2D eigenvalue weighted by molar-refractivity contribution is -0.325. The number of nitrogens with one attached hydrogen (secondary N) is 1. The van der Waals surface area contributed by atoms with E-state index in [-0.39, 0.29) is 37.1 Å². The van der Waals surface area contributed by atoms with E-state index in [1.807, 2.05) is 19.1 Å². The second kappa shape index (κ2) is 10.4. The zero-order valence-electron chi connectivity index (χ0n) is 16.7. The summed E-state index contributed by atoms with van der Waals surface area (Å²) in [4.78, 5) is 12.1. The van der Waals surface area contributed by atoms with E-state index < -0.39 is 25.7 Å². The summed E-state index contributed by atoms with van der Waals surface area (Å²) >= 11 is 0. The van der Waals surface area contributed by atoms with Gasteiger partial charge in [0.25, 0.3) is 5.91 Å². The number of halogens is 3. The van der Waals surface area contributed by atoms with Gasteiger partial charge in [-0.2, -0.15) is 0 Å². The Labute approximate surface area is 175 Å². The van der Waals surface area contributed by atoms with Crippen LogP contribution in [0.25, 0.3) is 0 Å². The maximum atomic E-state index is 12.1. The molecule has 1 fully saturated rings. The maximum Gasteiger partial charge on any atom is 0.522 e. The minimum Gasteiger partial charge on any atom is -0.484 e. The van der Waals surface area contributed by atoms with E-state index in [0.717, 1.165) is 5.56 Å². The van der Waals surface area contributed by atoms with Gasteiger partial charge in [0.2, 0.25) is 5.89 Å². The number of ether oxygens (including phenoxy) is 4. The maximum absolute atomic E-state index is 12.1. The molecule has 0 spiro atoms. The SMILES string of the molecule is Cc1ccc(OCC(=O)N[C@H]2CC[C@H](c3nnc(OCCOC(F)(F)F)o3)OC2)cc1. The zero-order valence-corrected chi connectivity index (χ0v) is 16.7. The predicted octanol–water partition coefficient (Wildman–Crippen LogP) is 2.71. The van der Waals surface area contributed by atoms with Gasteiger partial charge >= 0.3 is 12.4 Å². The van der Waals surface area contributed by atoms with Crippen LogP contribution in [0.1, 0.15) is 30.4 Å². The number of aryl methyl sites for hydroxylation is 1. The van der Waals surface area contributed by atoms with Crippen LogP contribution in [0, 0.1) is 6.92 Å².